The third kappa shape index (κ3) is 7.36. The molecule has 12 nitrogen and oxygen atoms in total. The van der Waals surface area contributed by atoms with Gasteiger partial charge in [0.25, 0.3) is 0 Å². The zero-order chi connectivity index (χ0) is 25.0. The first-order valence-corrected chi connectivity index (χ1v) is 11.7. The fraction of sp³-hybridized carbons (Fsp3) is 0.609. The van der Waals surface area contributed by atoms with Crippen LogP contribution >= 0.6 is 0 Å². The average Bonchev–Trinajstić information content (AvgIpc) is 3.10. The van der Waals surface area contributed by atoms with Crippen LogP contribution in [0.5, 0.6) is 0 Å². The van der Waals surface area contributed by atoms with Crippen LogP contribution in [0.3, 0.4) is 0 Å². The quantitative estimate of drug-likeness (QED) is 0.213. The number of hydrogen-bond donors (Lipinski definition) is 3. The van der Waals surface area contributed by atoms with Crippen LogP contribution in [-0.2, 0) is 35.6 Å². The second-order valence-corrected chi connectivity index (χ2v) is 7.95. The molecule has 194 valence electrons. The van der Waals surface area contributed by atoms with Crippen molar-refractivity contribution in [2.75, 3.05) is 71.3 Å². The van der Waals surface area contributed by atoms with Gasteiger partial charge in [-0.2, -0.15) is 0 Å². The molecule has 0 spiro atoms. The Balaban J connectivity index is 1.41. The summed E-state index contributed by atoms with van der Waals surface area (Å²) in [6.07, 6.45) is 0.494. The first-order chi connectivity index (χ1) is 17.0. The molecule has 1 aliphatic heterocycles. The number of nitrogens with one attached hydrogen (secondary N) is 2. The predicted molar refractivity (Wildman–Crippen MR) is 127 cm³/mol. The molecule has 2 heterocycles. The highest BCUT2D eigenvalue weighted by Crippen LogP contribution is 2.27. The molecule has 0 bridgehead atoms. The lowest BCUT2D eigenvalue weighted by molar-refractivity contribution is -0.135. The van der Waals surface area contributed by atoms with Crippen molar-refractivity contribution in [1.82, 2.24) is 14.5 Å². The summed E-state index contributed by atoms with van der Waals surface area (Å²) in [4.78, 5) is 36.8. The number of hydrogen-bond acceptors (Lipinski definition) is 9. The summed E-state index contributed by atoms with van der Waals surface area (Å²) in [6, 6.07) is 4.77. The van der Waals surface area contributed by atoms with E-state index in [0.29, 0.717) is 76.9 Å². The number of aromatic nitrogens is 2. The van der Waals surface area contributed by atoms with Gasteiger partial charge in [0.1, 0.15) is 6.04 Å². The van der Waals surface area contributed by atoms with Crippen LogP contribution in [0.25, 0.3) is 11.0 Å². The van der Waals surface area contributed by atoms with Crippen molar-refractivity contribution in [2.45, 2.75) is 18.9 Å². The van der Waals surface area contributed by atoms with E-state index in [1.54, 1.807) is 13.1 Å². The van der Waals surface area contributed by atoms with Crippen molar-refractivity contribution in [3.8, 4) is 0 Å². The topological polar surface area (TPSA) is 142 Å². The molecule has 3 rings (SSSR count). The van der Waals surface area contributed by atoms with Gasteiger partial charge in [0, 0.05) is 20.0 Å². The van der Waals surface area contributed by atoms with Gasteiger partial charge in [-0.15, -0.1) is 0 Å². The Hall–Kier alpha value is -2.77. The summed E-state index contributed by atoms with van der Waals surface area (Å²) in [7, 11) is 1.66. The number of aliphatic hydroxyl groups excluding tert-OH is 1. The molecule has 0 aliphatic carbocycles. The number of piperidine rings is 1. The maximum Gasteiger partial charge on any atom is 0.329 e. The fourth-order valence-corrected chi connectivity index (χ4v) is 3.90. The van der Waals surface area contributed by atoms with Gasteiger partial charge in [-0.05, 0) is 18.6 Å². The van der Waals surface area contributed by atoms with Gasteiger partial charge in [-0.1, -0.05) is 6.07 Å². The normalized spacial score (nSPS) is 16.1. The summed E-state index contributed by atoms with van der Waals surface area (Å²) in [6.45, 7) is 4.00. The van der Waals surface area contributed by atoms with E-state index >= 15 is 0 Å². The number of imidazole rings is 1. The summed E-state index contributed by atoms with van der Waals surface area (Å²) in [5.74, 6) is -0.774. The minimum Gasteiger partial charge on any atom is -0.394 e. The lowest BCUT2D eigenvalue weighted by Crippen LogP contribution is -2.44. The smallest absolute Gasteiger partial charge is 0.329 e. The number of carbonyl (C=O) groups excluding carboxylic acids is 2. The number of amides is 2. The zero-order valence-electron chi connectivity index (χ0n) is 20.0. The van der Waals surface area contributed by atoms with Crippen LogP contribution in [0.15, 0.2) is 23.0 Å². The molecule has 1 aromatic heterocycles. The minimum absolute atomic E-state index is 0.00602. The molecule has 1 unspecified atom stereocenters. The fourth-order valence-electron chi connectivity index (χ4n) is 3.90. The molecular weight excluding hydrogens is 460 g/mol. The highest BCUT2D eigenvalue weighted by Gasteiger charge is 2.31. The first-order valence-electron chi connectivity index (χ1n) is 11.7. The molecule has 0 radical (unpaired) electrons. The molecule has 2 amide bonds. The number of anilines is 1. The maximum absolute atomic E-state index is 12.9. The van der Waals surface area contributed by atoms with Gasteiger partial charge >= 0.3 is 5.69 Å². The predicted octanol–water partition coefficient (Wildman–Crippen LogP) is -0.212. The van der Waals surface area contributed by atoms with Gasteiger partial charge in [0.15, 0.2) is 0 Å². The number of ether oxygens (including phenoxy) is 4. The summed E-state index contributed by atoms with van der Waals surface area (Å²) in [5.41, 5.74) is 1.77. The van der Waals surface area contributed by atoms with E-state index in [2.05, 4.69) is 10.6 Å². The van der Waals surface area contributed by atoms with Gasteiger partial charge < -0.3 is 29.4 Å². The van der Waals surface area contributed by atoms with Gasteiger partial charge in [0.2, 0.25) is 11.8 Å². The van der Waals surface area contributed by atoms with E-state index < -0.39 is 11.9 Å². The van der Waals surface area contributed by atoms with Crippen molar-refractivity contribution in [2.24, 2.45) is 7.05 Å². The number of rotatable bonds is 16. The molecule has 1 aromatic carbocycles. The maximum atomic E-state index is 12.9. The van der Waals surface area contributed by atoms with Gasteiger partial charge in [0.05, 0.1) is 76.2 Å². The highest BCUT2D eigenvalue weighted by atomic mass is 16.6. The SMILES string of the molecule is Cn1c(=O)n(C2CCC(=O)NC2=O)c2cccc(NCCOCCOCCOCCOCCO)c21. The Morgan fingerprint density at radius 2 is 1.60 bits per heavy atom. The Morgan fingerprint density at radius 3 is 2.23 bits per heavy atom. The van der Waals surface area contributed by atoms with Crippen LogP contribution < -0.4 is 16.3 Å². The molecule has 1 atom stereocenters. The third-order valence-electron chi connectivity index (χ3n) is 5.54. The Labute approximate surface area is 203 Å². The number of para-hydroxylation sites is 1. The minimum atomic E-state index is -0.715. The summed E-state index contributed by atoms with van der Waals surface area (Å²) < 4.78 is 24.4. The number of nitrogens with zero attached hydrogens (tertiary/aromatic N) is 2. The molecule has 3 N–H and O–H groups in total. The molecule has 1 fully saturated rings. The molecule has 12 heteroatoms. The Bertz CT molecular complexity index is 1030. The van der Waals surface area contributed by atoms with Crippen LogP contribution in [-0.4, -0.2) is 92.1 Å². The standard InChI is InChI=1S/C23H34N4O8/c1-26-21-17(24-7-9-32-11-13-34-15-16-35-14-12-33-10-8-28)3-2-4-18(21)27(23(26)31)19-5-6-20(29)25-22(19)30/h2-4,19,24,28H,5-16H2,1H3,(H,25,29,30). The third-order valence-corrected chi connectivity index (χ3v) is 5.54. The number of aliphatic hydroxyl groups is 1. The summed E-state index contributed by atoms with van der Waals surface area (Å²) in [5, 5.41) is 14.2. The molecule has 1 saturated heterocycles. The van der Waals surface area contributed by atoms with Crippen LogP contribution in [0, 0.1) is 0 Å². The first kappa shape index (κ1) is 26.8. The molecule has 0 saturated carbocycles. The molecular formula is C23H34N4O8. The van der Waals surface area contributed by atoms with Gasteiger partial charge in [-0.25, -0.2) is 4.79 Å². The van der Waals surface area contributed by atoms with Crippen molar-refractivity contribution < 1.29 is 33.6 Å². The van der Waals surface area contributed by atoms with Crippen LogP contribution in [0.4, 0.5) is 5.69 Å². The van der Waals surface area contributed by atoms with Crippen molar-refractivity contribution in [3.63, 3.8) is 0 Å². The van der Waals surface area contributed by atoms with Crippen LogP contribution in [0.1, 0.15) is 18.9 Å². The lowest BCUT2D eigenvalue weighted by Gasteiger charge is -2.22. The van der Waals surface area contributed by atoms with E-state index in [9.17, 15) is 14.4 Å². The number of fused-ring (bicyclic) bond motifs is 1. The van der Waals surface area contributed by atoms with E-state index in [-0.39, 0.29) is 24.6 Å². The monoisotopic (exact) mass is 494 g/mol. The van der Waals surface area contributed by atoms with E-state index in [1.165, 1.54) is 9.13 Å². The van der Waals surface area contributed by atoms with Crippen molar-refractivity contribution in [3.05, 3.63) is 28.7 Å². The zero-order valence-corrected chi connectivity index (χ0v) is 20.0. The molecule has 1 aliphatic rings. The van der Waals surface area contributed by atoms with Crippen LogP contribution in [0.2, 0.25) is 0 Å². The second kappa shape index (κ2) is 14.0. The Morgan fingerprint density at radius 1 is 0.971 bits per heavy atom. The highest BCUT2D eigenvalue weighted by molar-refractivity contribution is 6.00. The van der Waals surface area contributed by atoms with E-state index in [4.69, 9.17) is 24.1 Å². The Kier molecular flexibility index (Phi) is 10.7. The molecule has 35 heavy (non-hydrogen) atoms. The van der Waals surface area contributed by atoms with E-state index in [0.717, 1.165) is 5.69 Å². The molecule has 2 aromatic rings. The number of imide groups is 1. The van der Waals surface area contributed by atoms with Gasteiger partial charge in [-0.3, -0.25) is 24.0 Å². The van der Waals surface area contributed by atoms with E-state index in [1.807, 2.05) is 12.1 Å². The van der Waals surface area contributed by atoms with Crippen molar-refractivity contribution >= 4 is 28.5 Å². The largest absolute Gasteiger partial charge is 0.394 e. The lowest BCUT2D eigenvalue weighted by atomic mass is 10.1. The van der Waals surface area contributed by atoms with Crippen molar-refractivity contribution in [1.29, 1.82) is 0 Å². The average molecular weight is 495 g/mol. The number of carbonyl (C=O) groups is 2. The second-order valence-electron chi connectivity index (χ2n) is 7.95. The number of benzene rings is 1. The number of aryl methyl sites for hydroxylation is 1. The summed E-state index contributed by atoms with van der Waals surface area (Å²) >= 11 is 0.